The van der Waals surface area contributed by atoms with Crippen LogP contribution in [0.5, 0.6) is 11.5 Å². The molecule has 0 amide bonds. The highest BCUT2D eigenvalue weighted by Crippen LogP contribution is 2.26. The number of rotatable bonds is 8. The highest BCUT2D eigenvalue weighted by atomic mass is 16.5. The van der Waals surface area contributed by atoms with E-state index >= 15 is 0 Å². The zero-order valence-electron chi connectivity index (χ0n) is 16.6. The fraction of sp³-hybridized carbons (Fsp3) is 0.474. The van der Waals surface area contributed by atoms with Crippen molar-refractivity contribution in [2.24, 2.45) is 12.0 Å². The minimum atomic E-state index is -0.769. The number of nitrogens with zero attached hydrogens (tertiary/aromatic N) is 4. The van der Waals surface area contributed by atoms with Crippen molar-refractivity contribution in [3.8, 4) is 11.5 Å². The molecule has 8 heteroatoms. The normalized spacial score (nSPS) is 12.6. The molecule has 148 valence electrons. The quantitative estimate of drug-likeness (QED) is 0.538. The second-order valence-electron chi connectivity index (χ2n) is 6.23. The molecule has 0 saturated heterocycles. The molecular weight excluding hydrogens is 346 g/mol. The van der Waals surface area contributed by atoms with Gasteiger partial charge in [-0.3, -0.25) is 9.67 Å². The number of aliphatic imine (C=N–C) groups is 1. The Morgan fingerprint density at radius 3 is 2.48 bits per heavy atom. The monoisotopic (exact) mass is 375 g/mol. The van der Waals surface area contributed by atoms with E-state index in [-0.39, 0.29) is 6.54 Å². The molecule has 0 fully saturated rings. The molecule has 2 rings (SSSR count). The van der Waals surface area contributed by atoms with E-state index in [1.807, 2.05) is 38.3 Å². The Kier molecular flexibility index (Phi) is 7.48. The number of nitrogens with one attached hydrogen (secondary N) is 1. The Hall–Kier alpha value is -2.74. The van der Waals surface area contributed by atoms with Gasteiger partial charge in [-0.25, -0.2) is 0 Å². The summed E-state index contributed by atoms with van der Waals surface area (Å²) < 4.78 is 12.3. The molecule has 1 aromatic carbocycles. The second-order valence-corrected chi connectivity index (χ2v) is 6.23. The van der Waals surface area contributed by atoms with E-state index in [4.69, 9.17) is 9.47 Å². The smallest absolute Gasteiger partial charge is 0.194 e. The first kappa shape index (κ1) is 20.6. The molecule has 1 heterocycles. The molecule has 27 heavy (non-hydrogen) atoms. The van der Waals surface area contributed by atoms with Gasteiger partial charge in [-0.05, 0) is 24.6 Å². The van der Waals surface area contributed by atoms with Gasteiger partial charge in [0.05, 0.1) is 33.1 Å². The summed E-state index contributed by atoms with van der Waals surface area (Å²) in [5, 5.41) is 18.0. The highest BCUT2D eigenvalue weighted by Gasteiger charge is 2.13. The van der Waals surface area contributed by atoms with E-state index in [1.165, 1.54) is 0 Å². The molecule has 0 bridgehead atoms. The summed E-state index contributed by atoms with van der Waals surface area (Å²) in [6, 6.07) is 5.34. The van der Waals surface area contributed by atoms with E-state index in [1.54, 1.807) is 37.1 Å². The minimum absolute atomic E-state index is 0.218. The van der Waals surface area contributed by atoms with Crippen LogP contribution in [0.1, 0.15) is 24.2 Å². The summed E-state index contributed by atoms with van der Waals surface area (Å²) in [6.45, 7) is 3.63. The lowest BCUT2D eigenvalue weighted by Crippen LogP contribution is -2.38. The fourth-order valence-corrected chi connectivity index (χ4v) is 2.67. The van der Waals surface area contributed by atoms with Crippen LogP contribution in [0.3, 0.4) is 0 Å². The van der Waals surface area contributed by atoms with Crippen molar-refractivity contribution in [3.63, 3.8) is 0 Å². The van der Waals surface area contributed by atoms with Gasteiger partial charge in [-0.2, -0.15) is 5.10 Å². The number of aryl methyl sites for hydroxylation is 1. The standard InChI is InChI=1S/C19H29N5O3/c1-6-20-19(23(2)12-14-10-22-24(3)13-14)21-11-18(25)15-7-16(26-4)9-17(8-15)27-5/h7-10,13,18,25H,6,11-12H2,1-5H3,(H,20,21). The van der Waals surface area contributed by atoms with Crippen molar-refractivity contribution < 1.29 is 14.6 Å². The van der Waals surface area contributed by atoms with Crippen LogP contribution in [0.2, 0.25) is 0 Å². The largest absolute Gasteiger partial charge is 0.497 e. The number of aliphatic hydroxyl groups excluding tert-OH is 1. The molecule has 0 aliphatic rings. The Labute approximate surface area is 160 Å². The average molecular weight is 375 g/mol. The van der Waals surface area contributed by atoms with E-state index in [2.05, 4.69) is 15.4 Å². The van der Waals surface area contributed by atoms with Gasteiger partial charge in [0, 0.05) is 45.0 Å². The van der Waals surface area contributed by atoms with Crippen molar-refractivity contribution in [2.45, 2.75) is 19.6 Å². The maximum absolute atomic E-state index is 10.6. The van der Waals surface area contributed by atoms with Crippen LogP contribution in [0.15, 0.2) is 35.6 Å². The van der Waals surface area contributed by atoms with E-state index < -0.39 is 6.10 Å². The van der Waals surface area contributed by atoms with Crippen LogP contribution in [-0.2, 0) is 13.6 Å². The van der Waals surface area contributed by atoms with Crippen molar-refractivity contribution in [2.75, 3.05) is 34.4 Å². The lowest BCUT2D eigenvalue weighted by Gasteiger charge is -2.22. The summed E-state index contributed by atoms with van der Waals surface area (Å²) >= 11 is 0. The zero-order chi connectivity index (χ0) is 19.8. The molecule has 2 aromatic rings. The van der Waals surface area contributed by atoms with Gasteiger partial charge in [-0.15, -0.1) is 0 Å². The molecule has 1 atom stereocenters. The molecule has 1 aromatic heterocycles. The molecule has 0 saturated carbocycles. The molecule has 0 spiro atoms. The number of ether oxygens (including phenoxy) is 2. The molecule has 8 nitrogen and oxygen atoms in total. The summed E-state index contributed by atoms with van der Waals surface area (Å²) in [7, 11) is 7.01. The number of aromatic nitrogens is 2. The van der Waals surface area contributed by atoms with Gasteiger partial charge >= 0.3 is 0 Å². The third kappa shape index (κ3) is 5.89. The van der Waals surface area contributed by atoms with Crippen molar-refractivity contribution in [3.05, 3.63) is 41.7 Å². The van der Waals surface area contributed by atoms with Crippen molar-refractivity contribution >= 4 is 5.96 Å². The van der Waals surface area contributed by atoms with Crippen LogP contribution < -0.4 is 14.8 Å². The van der Waals surface area contributed by atoms with Crippen LogP contribution in [0.4, 0.5) is 0 Å². The van der Waals surface area contributed by atoms with E-state index in [0.717, 1.165) is 18.1 Å². The Balaban J connectivity index is 2.10. The van der Waals surface area contributed by atoms with Gasteiger partial charge in [0.25, 0.3) is 0 Å². The predicted octanol–water partition coefficient (Wildman–Crippen LogP) is 1.57. The second kappa shape index (κ2) is 9.82. The first-order valence-electron chi connectivity index (χ1n) is 8.84. The highest BCUT2D eigenvalue weighted by molar-refractivity contribution is 5.79. The average Bonchev–Trinajstić information content (AvgIpc) is 3.08. The van der Waals surface area contributed by atoms with Gasteiger partial charge < -0.3 is 24.8 Å². The Morgan fingerprint density at radius 1 is 1.30 bits per heavy atom. The van der Waals surface area contributed by atoms with Crippen LogP contribution in [0.25, 0.3) is 0 Å². The Morgan fingerprint density at radius 2 is 1.96 bits per heavy atom. The molecule has 0 radical (unpaired) electrons. The van der Waals surface area contributed by atoms with Crippen LogP contribution in [-0.4, -0.2) is 60.1 Å². The maximum atomic E-state index is 10.6. The third-order valence-electron chi connectivity index (χ3n) is 4.05. The lowest BCUT2D eigenvalue weighted by molar-refractivity contribution is 0.185. The van der Waals surface area contributed by atoms with E-state index in [0.29, 0.717) is 23.6 Å². The maximum Gasteiger partial charge on any atom is 0.194 e. The third-order valence-corrected chi connectivity index (χ3v) is 4.05. The van der Waals surface area contributed by atoms with Gasteiger partial charge in [0.1, 0.15) is 11.5 Å². The SMILES string of the molecule is CCNC(=NCC(O)c1cc(OC)cc(OC)c1)N(C)Cc1cnn(C)c1. The van der Waals surface area contributed by atoms with E-state index in [9.17, 15) is 5.11 Å². The fourth-order valence-electron chi connectivity index (χ4n) is 2.67. The topological polar surface area (TPSA) is 84.1 Å². The number of guanidine groups is 1. The Bertz CT molecular complexity index is 737. The van der Waals surface area contributed by atoms with Gasteiger partial charge in [0.2, 0.25) is 0 Å². The number of aliphatic hydroxyl groups is 1. The number of methoxy groups -OCH3 is 2. The van der Waals surface area contributed by atoms with Crippen molar-refractivity contribution in [1.29, 1.82) is 0 Å². The number of benzene rings is 1. The molecule has 0 aliphatic heterocycles. The number of hydrogen-bond donors (Lipinski definition) is 2. The summed E-state index contributed by atoms with van der Waals surface area (Å²) in [6.07, 6.45) is 3.03. The summed E-state index contributed by atoms with van der Waals surface area (Å²) in [5.41, 5.74) is 1.78. The van der Waals surface area contributed by atoms with Crippen LogP contribution >= 0.6 is 0 Å². The van der Waals surface area contributed by atoms with Crippen LogP contribution in [0, 0.1) is 0 Å². The van der Waals surface area contributed by atoms with Gasteiger partial charge in [-0.1, -0.05) is 0 Å². The molecule has 2 N–H and O–H groups in total. The van der Waals surface area contributed by atoms with Gasteiger partial charge in [0.15, 0.2) is 5.96 Å². The lowest BCUT2D eigenvalue weighted by atomic mass is 10.1. The first-order valence-corrected chi connectivity index (χ1v) is 8.84. The first-order chi connectivity index (χ1) is 13.0. The predicted molar refractivity (Wildman–Crippen MR) is 105 cm³/mol. The molecule has 1 unspecified atom stereocenters. The zero-order valence-corrected chi connectivity index (χ0v) is 16.6. The summed E-state index contributed by atoms with van der Waals surface area (Å²) in [4.78, 5) is 6.58. The molecular formula is C19H29N5O3. The molecule has 0 aliphatic carbocycles. The van der Waals surface area contributed by atoms with Crippen molar-refractivity contribution in [1.82, 2.24) is 20.0 Å². The summed E-state index contributed by atoms with van der Waals surface area (Å²) in [5.74, 6) is 1.98. The number of hydrogen-bond acceptors (Lipinski definition) is 5. The minimum Gasteiger partial charge on any atom is -0.497 e.